The predicted octanol–water partition coefficient (Wildman–Crippen LogP) is 3.91. The number of hydroxylamine groups is 1. The van der Waals surface area contributed by atoms with Gasteiger partial charge in [-0.3, -0.25) is 4.90 Å². The second kappa shape index (κ2) is 8.71. The third-order valence-corrected chi connectivity index (χ3v) is 7.36. The summed E-state index contributed by atoms with van der Waals surface area (Å²) in [5.41, 5.74) is 5.84. The van der Waals surface area contributed by atoms with Gasteiger partial charge < -0.3 is 14.5 Å². The van der Waals surface area contributed by atoms with Gasteiger partial charge in [-0.25, -0.2) is 9.18 Å². The number of nitrogens with one attached hydrogen (secondary N) is 1. The second-order valence-electron chi connectivity index (χ2n) is 9.21. The number of hydrogen-bond acceptors (Lipinski definition) is 5. The van der Waals surface area contributed by atoms with Gasteiger partial charge in [0.25, 0.3) is 0 Å². The maximum atomic E-state index is 13.6. The van der Waals surface area contributed by atoms with Crippen LogP contribution in [0.4, 0.5) is 9.18 Å². The minimum atomic E-state index is -0.318. The van der Waals surface area contributed by atoms with E-state index in [0.717, 1.165) is 61.3 Å². The Morgan fingerprint density at radius 2 is 1.81 bits per heavy atom. The first-order valence-electron chi connectivity index (χ1n) is 11.4. The number of halogens is 1. The van der Waals surface area contributed by atoms with E-state index in [9.17, 15) is 9.18 Å². The van der Waals surface area contributed by atoms with E-state index in [1.807, 2.05) is 18.2 Å². The highest BCUT2D eigenvalue weighted by atomic mass is 19.1. The van der Waals surface area contributed by atoms with E-state index in [4.69, 9.17) is 9.57 Å². The zero-order chi connectivity index (χ0) is 22.1. The molecule has 0 aromatic heterocycles. The standard InChI is InChI=1S/C25H30FN3O3/c1-27-32-21-6-7-22-19(16-21)8-12-29(23(22)18-2-4-20(26)5-3-18)24(30)31-17-25-9-13-28(14-10-25)15-11-25/h2-7,16,23,27H,8-15,17H2,1H3/t23-/m1/s1. The summed E-state index contributed by atoms with van der Waals surface area (Å²) in [5, 5.41) is 0. The molecule has 0 unspecified atom stereocenters. The number of carbonyl (C=O) groups is 1. The lowest BCUT2D eigenvalue weighted by Crippen LogP contribution is -2.51. The molecular weight excluding hydrogens is 409 g/mol. The molecule has 32 heavy (non-hydrogen) atoms. The number of ether oxygens (including phenoxy) is 1. The third-order valence-electron chi connectivity index (χ3n) is 7.36. The van der Waals surface area contributed by atoms with Crippen molar-refractivity contribution in [3.05, 3.63) is 65.0 Å². The van der Waals surface area contributed by atoms with Crippen LogP contribution in [0.1, 0.15) is 42.0 Å². The average molecular weight is 440 g/mol. The van der Waals surface area contributed by atoms with Crippen LogP contribution >= 0.6 is 0 Å². The number of nitrogens with zero attached hydrogens (tertiary/aromatic N) is 2. The first-order chi connectivity index (χ1) is 15.6. The van der Waals surface area contributed by atoms with Gasteiger partial charge in [0, 0.05) is 19.0 Å². The van der Waals surface area contributed by atoms with Gasteiger partial charge in [0.2, 0.25) is 0 Å². The fourth-order valence-corrected chi connectivity index (χ4v) is 5.40. The molecule has 6 nitrogen and oxygen atoms in total. The van der Waals surface area contributed by atoms with Crippen LogP contribution in [0.3, 0.4) is 0 Å². The monoisotopic (exact) mass is 439 g/mol. The van der Waals surface area contributed by atoms with E-state index in [1.165, 1.54) is 12.1 Å². The van der Waals surface area contributed by atoms with Crippen LogP contribution in [0.5, 0.6) is 5.75 Å². The van der Waals surface area contributed by atoms with E-state index < -0.39 is 0 Å². The van der Waals surface area contributed by atoms with E-state index in [1.54, 1.807) is 24.1 Å². The molecule has 3 saturated heterocycles. The molecule has 6 rings (SSSR count). The molecule has 170 valence electrons. The van der Waals surface area contributed by atoms with Crippen LogP contribution in [-0.2, 0) is 11.2 Å². The Morgan fingerprint density at radius 3 is 2.50 bits per heavy atom. The van der Waals surface area contributed by atoms with Crippen molar-refractivity contribution in [2.24, 2.45) is 5.41 Å². The summed E-state index contributed by atoms with van der Waals surface area (Å²) in [6.45, 7) is 4.32. The van der Waals surface area contributed by atoms with Crippen molar-refractivity contribution in [3.63, 3.8) is 0 Å². The van der Waals surface area contributed by atoms with E-state index in [-0.39, 0.29) is 23.4 Å². The number of rotatable bonds is 5. The SMILES string of the molecule is CNOc1ccc2c(c1)CCN(C(=O)OCC13CCN(CC1)CC3)[C@@H]2c1ccc(F)cc1. The topological polar surface area (TPSA) is 54.0 Å². The Hall–Kier alpha value is -2.64. The van der Waals surface area contributed by atoms with Gasteiger partial charge >= 0.3 is 6.09 Å². The van der Waals surface area contributed by atoms with Crippen molar-refractivity contribution >= 4 is 6.09 Å². The minimum absolute atomic E-state index is 0.128. The molecule has 0 aliphatic carbocycles. The largest absolute Gasteiger partial charge is 0.449 e. The lowest BCUT2D eigenvalue weighted by atomic mass is 9.73. The van der Waals surface area contributed by atoms with E-state index in [0.29, 0.717) is 19.6 Å². The third kappa shape index (κ3) is 4.07. The lowest BCUT2D eigenvalue weighted by Gasteiger charge is -2.48. The van der Waals surface area contributed by atoms with Gasteiger partial charge in [0.15, 0.2) is 0 Å². The molecule has 4 aliphatic heterocycles. The van der Waals surface area contributed by atoms with Gasteiger partial charge in [-0.2, -0.15) is 5.48 Å². The molecule has 7 heteroatoms. The fraction of sp³-hybridized carbons (Fsp3) is 0.480. The molecule has 4 aliphatic rings. The summed E-state index contributed by atoms with van der Waals surface area (Å²) in [6.07, 6.45) is 3.71. The smallest absolute Gasteiger partial charge is 0.410 e. The van der Waals surface area contributed by atoms with E-state index in [2.05, 4.69) is 10.4 Å². The van der Waals surface area contributed by atoms with Crippen LogP contribution < -0.4 is 10.3 Å². The quantitative estimate of drug-likeness (QED) is 0.716. The van der Waals surface area contributed by atoms with Gasteiger partial charge in [-0.1, -0.05) is 18.2 Å². The summed E-state index contributed by atoms with van der Waals surface area (Å²) in [5.74, 6) is 0.433. The Bertz CT molecular complexity index is 959. The molecule has 2 aromatic carbocycles. The van der Waals surface area contributed by atoms with Crippen molar-refractivity contribution in [1.82, 2.24) is 15.3 Å². The molecule has 0 saturated carbocycles. The molecule has 2 bridgehead atoms. The second-order valence-corrected chi connectivity index (χ2v) is 9.21. The molecule has 0 radical (unpaired) electrons. The van der Waals surface area contributed by atoms with Gasteiger partial charge in [0.05, 0.1) is 12.6 Å². The number of piperidine rings is 3. The van der Waals surface area contributed by atoms with Crippen molar-refractivity contribution in [1.29, 1.82) is 0 Å². The van der Waals surface area contributed by atoms with Crippen LogP contribution in [0.2, 0.25) is 0 Å². The van der Waals surface area contributed by atoms with Crippen LogP contribution in [-0.4, -0.2) is 55.7 Å². The maximum Gasteiger partial charge on any atom is 0.410 e. The Balaban J connectivity index is 1.40. The minimum Gasteiger partial charge on any atom is -0.449 e. The number of amides is 1. The number of carbonyl (C=O) groups excluding carboxylic acids is 1. The van der Waals surface area contributed by atoms with Gasteiger partial charge in [-0.15, -0.1) is 0 Å². The highest BCUT2D eigenvalue weighted by Gasteiger charge is 2.41. The summed E-state index contributed by atoms with van der Waals surface area (Å²) < 4.78 is 19.6. The van der Waals surface area contributed by atoms with Crippen molar-refractivity contribution in [2.75, 3.05) is 39.8 Å². The van der Waals surface area contributed by atoms with Crippen molar-refractivity contribution in [2.45, 2.75) is 31.7 Å². The Labute approximate surface area is 188 Å². The highest BCUT2D eigenvalue weighted by molar-refractivity contribution is 5.70. The molecule has 2 aromatic rings. The zero-order valence-corrected chi connectivity index (χ0v) is 18.5. The van der Waals surface area contributed by atoms with Crippen molar-refractivity contribution in [3.8, 4) is 5.75 Å². The number of fused-ring (bicyclic) bond motifs is 4. The molecule has 1 N–H and O–H groups in total. The first kappa shape index (κ1) is 21.2. The number of hydrogen-bond donors (Lipinski definition) is 1. The molecule has 1 atom stereocenters. The summed E-state index contributed by atoms with van der Waals surface area (Å²) in [6, 6.07) is 12.0. The molecule has 0 spiro atoms. The summed E-state index contributed by atoms with van der Waals surface area (Å²) in [4.78, 5) is 23.0. The normalized spacial score (nSPS) is 26.5. The average Bonchev–Trinajstić information content (AvgIpc) is 2.84. The van der Waals surface area contributed by atoms with Crippen LogP contribution in [0.15, 0.2) is 42.5 Å². The number of benzene rings is 2. The van der Waals surface area contributed by atoms with E-state index >= 15 is 0 Å². The molecule has 1 amide bonds. The van der Waals surface area contributed by atoms with Gasteiger partial charge in [-0.05, 0) is 86.3 Å². The van der Waals surface area contributed by atoms with Crippen LogP contribution in [0.25, 0.3) is 0 Å². The molecule has 3 fully saturated rings. The summed E-state index contributed by atoms with van der Waals surface area (Å²) >= 11 is 0. The maximum absolute atomic E-state index is 13.6. The highest BCUT2D eigenvalue weighted by Crippen LogP contribution is 2.41. The molecule has 4 heterocycles. The lowest BCUT2D eigenvalue weighted by molar-refractivity contribution is -0.0300. The van der Waals surface area contributed by atoms with Crippen molar-refractivity contribution < 1.29 is 18.8 Å². The first-order valence-corrected chi connectivity index (χ1v) is 11.4. The zero-order valence-electron chi connectivity index (χ0n) is 18.5. The predicted molar refractivity (Wildman–Crippen MR) is 119 cm³/mol. The Morgan fingerprint density at radius 1 is 1.09 bits per heavy atom. The fourth-order valence-electron chi connectivity index (χ4n) is 5.40. The molecular formula is C25H30FN3O3. The van der Waals surface area contributed by atoms with Gasteiger partial charge in [0.1, 0.15) is 11.6 Å². The Kier molecular flexibility index (Phi) is 5.78. The van der Waals surface area contributed by atoms with Crippen LogP contribution in [0, 0.1) is 11.2 Å². The summed E-state index contributed by atoms with van der Waals surface area (Å²) in [7, 11) is 1.72.